The summed E-state index contributed by atoms with van der Waals surface area (Å²) >= 11 is 5.82. The first kappa shape index (κ1) is 16.7. The smallest absolute Gasteiger partial charge is 0.119 e. The number of halogens is 1. The van der Waals surface area contributed by atoms with Crippen LogP contribution in [0.25, 0.3) is 0 Å². The Labute approximate surface area is 136 Å². The van der Waals surface area contributed by atoms with Crippen molar-refractivity contribution in [2.24, 2.45) is 0 Å². The maximum absolute atomic E-state index is 10.1. The number of benzene rings is 1. The molecule has 22 heavy (non-hydrogen) atoms. The first-order valence-electron chi connectivity index (χ1n) is 7.36. The summed E-state index contributed by atoms with van der Waals surface area (Å²) in [6, 6.07) is 13.0. The molecule has 1 unspecified atom stereocenters. The van der Waals surface area contributed by atoms with Gasteiger partial charge in [-0.15, -0.1) is 0 Å². The molecule has 1 heterocycles. The third kappa shape index (κ3) is 5.64. The number of pyridine rings is 1. The molecule has 1 N–H and O–H groups in total. The largest absolute Gasteiger partial charge is 0.491 e. The average molecular weight is 321 g/mol. The molecule has 0 bridgehead atoms. The van der Waals surface area contributed by atoms with E-state index in [2.05, 4.69) is 16.8 Å². The van der Waals surface area contributed by atoms with Crippen molar-refractivity contribution >= 4 is 11.6 Å². The topological polar surface area (TPSA) is 45.6 Å². The highest BCUT2D eigenvalue weighted by molar-refractivity contribution is 6.30. The zero-order valence-corrected chi connectivity index (χ0v) is 13.4. The molecule has 0 amide bonds. The van der Waals surface area contributed by atoms with E-state index in [0.29, 0.717) is 17.3 Å². The third-order valence-electron chi connectivity index (χ3n) is 3.28. The molecular formula is C17H21ClN2O2. The Hall–Kier alpha value is -1.62. The number of ether oxygens (including phenoxy) is 1. The summed E-state index contributed by atoms with van der Waals surface area (Å²) in [6.45, 7) is 4.42. The predicted molar refractivity (Wildman–Crippen MR) is 88.1 cm³/mol. The molecule has 1 aromatic heterocycles. The van der Waals surface area contributed by atoms with E-state index in [9.17, 15) is 5.11 Å². The summed E-state index contributed by atoms with van der Waals surface area (Å²) in [5.74, 6) is 0.705. The highest BCUT2D eigenvalue weighted by Crippen LogP contribution is 2.15. The van der Waals surface area contributed by atoms with E-state index in [0.717, 1.165) is 18.8 Å². The molecule has 2 rings (SSSR count). The minimum Gasteiger partial charge on any atom is -0.491 e. The summed E-state index contributed by atoms with van der Waals surface area (Å²) in [6.07, 6.45) is 1.22. The maximum atomic E-state index is 10.1. The lowest BCUT2D eigenvalue weighted by molar-refractivity contribution is 0.0671. The fourth-order valence-corrected chi connectivity index (χ4v) is 2.23. The standard InChI is InChI=1S/C17H21ClN2O2/c1-2-20(11-15-5-3-4-10-19-15)12-16(21)13-22-17-8-6-14(18)7-9-17/h3-10,16,21H,2,11-13H2,1H3. The van der Waals surface area contributed by atoms with Gasteiger partial charge in [0.1, 0.15) is 18.5 Å². The quantitative estimate of drug-likeness (QED) is 0.812. The van der Waals surface area contributed by atoms with Crippen LogP contribution in [-0.4, -0.2) is 40.8 Å². The van der Waals surface area contributed by atoms with E-state index in [1.54, 1.807) is 30.5 Å². The van der Waals surface area contributed by atoms with E-state index in [1.807, 2.05) is 18.2 Å². The van der Waals surface area contributed by atoms with Gasteiger partial charge in [0.2, 0.25) is 0 Å². The molecule has 0 aliphatic rings. The summed E-state index contributed by atoms with van der Waals surface area (Å²) in [4.78, 5) is 6.45. The molecule has 0 aliphatic carbocycles. The third-order valence-corrected chi connectivity index (χ3v) is 3.54. The Bertz CT molecular complexity index is 548. The first-order chi connectivity index (χ1) is 10.7. The fourth-order valence-electron chi connectivity index (χ4n) is 2.10. The number of rotatable bonds is 8. The van der Waals surface area contributed by atoms with Crippen molar-refractivity contribution in [1.29, 1.82) is 0 Å². The average Bonchev–Trinajstić information content (AvgIpc) is 2.54. The van der Waals surface area contributed by atoms with Crippen LogP contribution in [0.4, 0.5) is 0 Å². The van der Waals surface area contributed by atoms with Gasteiger partial charge >= 0.3 is 0 Å². The lowest BCUT2D eigenvalue weighted by Gasteiger charge is -2.23. The van der Waals surface area contributed by atoms with Crippen LogP contribution in [0.2, 0.25) is 5.02 Å². The number of likely N-dealkylation sites (N-methyl/N-ethyl adjacent to an activating group) is 1. The van der Waals surface area contributed by atoms with Crippen molar-refractivity contribution in [3.8, 4) is 5.75 Å². The number of hydrogen-bond donors (Lipinski definition) is 1. The number of aliphatic hydroxyl groups is 1. The molecule has 2 aromatic rings. The maximum Gasteiger partial charge on any atom is 0.119 e. The minimum atomic E-state index is -0.556. The molecule has 0 fully saturated rings. The number of aromatic nitrogens is 1. The van der Waals surface area contributed by atoms with Crippen molar-refractivity contribution in [2.75, 3.05) is 19.7 Å². The van der Waals surface area contributed by atoms with E-state index in [-0.39, 0.29) is 6.61 Å². The lowest BCUT2D eigenvalue weighted by Crippen LogP contribution is -2.35. The van der Waals surface area contributed by atoms with E-state index in [1.165, 1.54) is 0 Å². The summed E-state index contributed by atoms with van der Waals surface area (Å²) in [5.41, 5.74) is 0.996. The Morgan fingerprint density at radius 3 is 2.64 bits per heavy atom. The van der Waals surface area contributed by atoms with E-state index in [4.69, 9.17) is 16.3 Å². The molecule has 0 radical (unpaired) electrons. The van der Waals surface area contributed by atoms with Crippen LogP contribution >= 0.6 is 11.6 Å². The van der Waals surface area contributed by atoms with Crippen LogP contribution < -0.4 is 4.74 Å². The van der Waals surface area contributed by atoms with Gasteiger partial charge in [0.15, 0.2) is 0 Å². The van der Waals surface area contributed by atoms with Crippen LogP contribution in [-0.2, 0) is 6.54 Å². The van der Waals surface area contributed by atoms with Gasteiger partial charge in [-0.3, -0.25) is 9.88 Å². The zero-order valence-electron chi connectivity index (χ0n) is 12.7. The molecule has 118 valence electrons. The van der Waals surface area contributed by atoms with Gasteiger partial charge < -0.3 is 9.84 Å². The van der Waals surface area contributed by atoms with Crippen LogP contribution in [0, 0.1) is 0 Å². The second-order valence-electron chi connectivity index (χ2n) is 5.07. The van der Waals surface area contributed by atoms with Crippen LogP contribution in [0.1, 0.15) is 12.6 Å². The first-order valence-corrected chi connectivity index (χ1v) is 7.74. The molecule has 0 saturated heterocycles. The van der Waals surface area contributed by atoms with Crippen molar-refractivity contribution in [3.05, 3.63) is 59.4 Å². The lowest BCUT2D eigenvalue weighted by atomic mass is 10.3. The van der Waals surface area contributed by atoms with Gasteiger partial charge in [-0.1, -0.05) is 24.6 Å². The molecule has 4 nitrogen and oxygen atoms in total. The van der Waals surface area contributed by atoms with Crippen LogP contribution in [0.3, 0.4) is 0 Å². The molecule has 1 aromatic carbocycles. The van der Waals surface area contributed by atoms with Gasteiger partial charge in [0, 0.05) is 24.3 Å². The predicted octanol–water partition coefficient (Wildman–Crippen LogP) is 3.00. The molecule has 5 heteroatoms. The van der Waals surface area contributed by atoms with E-state index < -0.39 is 6.10 Å². The SMILES string of the molecule is CCN(Cc1ccccn1)CC(O)COc1ccc(Cl)cc1. The van der Waals surface area contributed by atoms with Gasteiger partial charge in [-0.05, 0) is 42.9 Å². The van der Waals surface area contributed by atoms with Gasteiger partial charge in [0.25, 0.3) is 0 Å². The van der Waals surface area contributed by atoms with Crippen molar-refractivity contribution in [2.45, 2.75) is 19.6 Å². The fraction of sp³-hybridized carbons (Fsp3) is 0.353. The second-order valence-corrected chi connectivity index (χ2v) is 5.50. The van der Waals surface area contributed by atoms with Gasteiger partial charge in [-0.2, -0.15) is 0 Å². The molecule has 1 atom stereocenters. The Balaban J connectivity index is 1.79. The Morgan fingerprint density at radius 2 is 2.00 bits per heavy atom. The second kappa shape index (κ2) is 8.73. The van der Waals surface area contributed by atoms with Gasteiger partial charge in [-0.25, -0.2) is 0 Å². The number of hydrogen-bond acceptors (Lipinski definition) is 4. The highest BCUT2D eigenvalue weighted by Gasteiger charge is 2.12. The normalized spacial score (nSPS) is 12.4. The van der Waals surface area contributed by atoms with Crippen LogP contribution in [0.15, 0.2) is 48.7 Å². The summed E-state index contributed by atoms with van der Waals surface area (Å²) in [7, 11) is 0. The molecule has 0 aliphatic heterocycles. The number of aliphatic hydroxyl groups excluding tert-OH is 1. The number of nitrogens with zero attached hydrogens (tertiary/aromatic N) is 2. The van der Waals surface area contributed by atoms with E-state index >= 15 is 0 Å². The minimum absolute atomic E-state index is 0.250. The van der Waals surface area contributed by atoms with Crippen molar-refractivity contribution in [3.63, 3.8) is 0 Å². The van der Waals surface area contributed by atoms with Crippen molar-refractivity contribution < 1.29 is 9.84 Å². The molecule has 0 spiro atoms. The zero-order chi connectivity index (χ0) is 15.8. The molecular weight excluding hydrogens is 300 g/mol. The van der Waals surface area contributed by atoms with Crippen molar-refractivity contribution in [1.82, 2.24) is 9.88 Å². The summed E-state index contributed by atoms with van der Waals surface area (Å²) in [5, 5.41) is 10.8. The Morgan fingerprint density at radius 1 is 1.23 bits per heavy atom. The Kier molecular flexibility index (Phi) is 6.65. The molecule has 0 saturated carbocycles. The monoisotopic (exact) mass is 320 g/mol. The van der Waals surface area contributed by atoms with Gasteiger partial charge in [0.05, 0.1) is 5.69 Å². The highest BCUT2D eigenvalue weighted by atomic mass is 35.5. The van der Waals surface area contributed by atoms with Crippen LogP contribution in [0.5, 0.6) is 5.75 Å². The summed E-state index contributed by atoms with van der Waals surface area (Å²) < 4.78 is 5.57.